The highest BCUT2D eigenvalue weighted by Gasteiger charge is 2.22. The maximum atomic E-state index is 11.4. The van der Waals surface area contributed by atoms with E-state index in [-0.39, 0.29) is 6.09 Å². The summed E-state index contributed by atoms with van der Waals surface area (Å²) in [5, 5.41) is 3.52. The topological polar surface area (TPSA) is 78.3 Å². The predicted octanol–water partition coefficient (Wildman–Crippen LogP) is 2.56. The molecule has 0 N–H and O–H groups in total. The molecule has 1 saturated heterocycles. The van der Waals surface area contributed by atoms with Crippen LogP contribution in [0.2, 0.25) is 0 Å². The van der Waals surface area contributed by atoms with Crippen LogP contribution in [0.25, 0.3) is 10.4 Å². The molecule has 0 radical (unpaired) electrons. The summed E-state index contributed by atoms with van der Waals surface area (Å²) in [6, 6.07) is 0. The molecule has 0 bridgehead atoms. The van der Waals surface area contributed by atoms with E-state index in [2.05, 4.69) is 10.0 Å². The van der Waals surface area contributed by atoms with Crippen molar-refractivity contribution in [1.82, 2.24) is 4.90 Å². The average Bonchev–Trinajstić information content (AvgIpc) is 2.30. The Balaban J connectivity index is 2.22. The van der Waals surface area contributed by atoms with E-state index in [1.54, 1.807) is 4.90 Å². The smallest absolute Gasteiger partial charge is 0.409 e. The Kier molecular flexibility index (Phi) is 5.50. The molecule has 16 heavy (non-hydrogen) atoms. The maximum absolute atomic E-state index is 11.4. The van der Waals surface area contributed by atoms with Gasteiger partial charge in [-0.25, -0.2) is 4.79 Å². The number of likely N-dealkylation sites (tertiary alicyclic amines) is 1. The number of hydrogen-bond donors (Lipinski definition) is 0. The monoisotopic (exact) mass is 226 g/mol. The van der Waals surface area contributed by atoms with E-state index >= 15 is 0 Å². The molecule has 0 spiro atoms. The van der Waals surface area contributed by atoms with Crippen molar-refractivity contribution in [3.8, 4) is 0 Å². The average molecular weight is 226 g/mol. The van der Waals surface area contributed by atoms with Crippen LogP contribution in [-0.2, 0) is 4.74 Å². The SMILES string of the molecule is CCOC(=O)N1CCC(CCN=[N+]=[N-])CC1. The Morgan fingerprint density at radius 2 is 2.25 bits per heavy atom. The summed E-state index contributed by atoms with van der Waals surface area (Å²) in [5.41, 5.74) is 8.16. The third kappa shape index (κ3) is 3.98. The second-order valence-corrected chi connectivity index (χ2v) is 3.87. The van der Waals surface area contributed by atoms with Crippen molar-refractivity contribution in [3.63, 3.8) is 0 Å². The first-order valence-electron chi connectivity index (χ1n) is 5.70. The first kappa shape index (κ1) is 12.6. The van der Waals surface area contributed by atoms with Crippen molar-refractivity contribution in [1.29, 1.82) is 0 Å². The maximum Gasteiger partial charge on any atom is 0.409 e. The van der Waals surface area contributed by atoms with Gasteiger partial charge in [-0.2, -0.15) is 0 Å². The second kappa shape index (κ2) is 6.95. The van der Waals surface area contributed by atoms with Gasteiger partial charge in [-0.15, -0.1) is 0 Å². The minimum atomic E-state index is -0.212. The molecule has 1 aliphatic heterocycles. The van der Waals surface area contributed by atoms with Crippen LogP contribution >= 0.6 is 0 Å². The molecular weight excluding hydrogens is 208 g/mol. The van der Waals surface area contributed by atoms with E-state index in [9.17, 15) is 4.79 Å². The quantitative estimate of drug-likeness (QED) is 0.419. The molecule has 0 aromatic carbocycles. The van der Waals surface area contributed by atoms with Crippen LogP contribution in [0, 0.1) is 5.92 Å². The summed E-state index contributed by atoms with van der Waals surface area (Å²) in [6.45, 7) is 4.29. The van der Waals surface area contributed by atoms with Crippen molar-refractivity contribution in [2.45, 2.75) is 26.2 Å². The largest absolute Gasteiger partial charge is 0.450 e. The van der Waals surface area contributed by atoms with Crippen LogP contribution in [0.3, 0.4) is 0 Å². The Labute approximate surface area is 95.2 Å². The number of carbonyl (C=O) groups is 1. The zero-order valence-electron chi connectivity index (χ0n) is 9.63. The van der Waals surface area contributed by atoms with E-state index in [1.165, 1.54) is 0 Å². The number of nitrogens with zero attached hydrogens (tertiary/aromatic N) is 4. The van der Waals surface area contributed by atoms with Crippen molar-refractivity contribution < 1.29 is 9.53 Å². The van der Waals surface area contributed by atoms with Crippen LogP contribution in [0.5, 0.6) is 0 Å². The van der Waals surface area contributed by atoms with E-state index in [0.29, 0.717) is 19.1 Å². The molecule has 1 aliphatic rings. The van der Waals surface area contributed by atoms with E-state index in [4.69, 9.17) is 10.3 Å². The lowest BCUT2D eigenvalue weighted by Crippen LogP contribution is -2.38. The molecule has 0 aromatic rings. The highest BCUT2D eigenvalue weighted by molar-refractivity contribution is 5.67. The zero-order valence-corrected chi connectivity index (χ0v) is 9.63. The first-order valence-corrected chi connectivity index (χ1v) is 5.70. The number of piperidine rings is 1. The van der Waals surface area contributed by atoms with Crippen LogP contribution in [-0.4, -0.2) is 37.2 Å². The van der Waals surface area contributed by atoms with Gasteiger partial charge in [-0.05, 0) is 37.6 Å². The summed E-state index contributed by atoms with van der Waals surface area (Å²) in [4.78, 5) is 15.9. The van der Waals surface area contributed by atoms with E-state index in [1.807, 2.05) is 6.92 Å². The molecule has 0 aliphatic carbocycles. The number of rotatable bonds is 4. The second-order valence-electron chi connectivity index (χ2n) is 3.87. The molecule has 6 heteroatoms. The Morgan fingerprint density at radius 1 is 1.56 bits per heavy atom. The summed E-state index contributed by atoms with van der Waals surface area (Å²) in [7, 11) is 0. The summed E-state index contributed by atoms with van der Waals surface area (Å²) >= 11 is 0. The van der Waals surface area contributed by atoms with Gasteiger partial charge in [0.05, 0.1) is 6.61 Å². The predicted molar refractivity (Wildman–Crippen MR) is 59.9 cm³/mol. The lowest BCUT2D eigenvalue weighted by atomic mass is 9.94. The standard InChI is InChI=1S/C10H18N4O2/c1-2-16-10(15)14-7-4-9(5-8-14)3-6-12-13-11/h9H,2-8H2,1H3. The van der Waals surface area contributed by atoms with Gasteiger partial charge in [-0.3, -0.25) is 0 Å². The Bertz CT molecular complexity index is 268. The highest BCUT2D eigenvalue weighted by atomic mass is 16.6. The molecule has 90 valence electrons. The zero-order chi connectivity index (χ0) is 11.8. The fourth-order valence-electron chi connectivity index (χ4n) is 1.90. The third-order valence-electron chi connectivity index (χ3n) is 2.84. The van der Waals surface area contributed by atoms with Gasteiger partial charge < -0.3 is 9.64 Å². The van der Waals surface area contributed by atoms with Crippen molar-refractivity contribution in [3.05, 3.63) is 10.4 Å². The fraction of sp³-hybridized carbons (Fsp3) is 0.900. The van der Waals surface area contributed by atoms with Crippen LogP contribution in [0.4, 0.5) is 4.79 Å². The molecule has 1 amide bonds. The van der Waals surface area contributed by atoms with Crippen LogP contribution < -0.4 is 0 Å². The van der Waals surface area contributed by atoms with Crippen LogP contribution in [0.15, 0.2) is 5.11 Å². The number of carbonyl (C=O) groups excluding carboxylic acids is 1. The lowest BCUT2D eigenvalue weighted by Gasteiger charge is -2.30. The van der Waals surface area contributed by atoms with Gasteiger partial charge >= 0.3 is 6.09 Å². The first-order chi connectivity index (χ1) is 7.77. The van der Waals surface area contributed by atoms with Gasteiger partial charge in [0.15, 0.2) is 0 Å². The summed E-state index contributed by atoms with van der Waals surface area (Å²) < 4.78 is 4.94. The van der Waals surface area contributed by atoms with Gasteiger partial charge in [0, 0.05) is 24.5 Å². The Hall–Kier alpha value is -1.42. The third-order valence-corrected chi connectivity index (χ3v) is 2.84. The summed E-state index contributed by atoms with van der Waals surface area (Å²) in [6.07, 6.45) is 2.65. The molecule has 6 nitrogen and oxygen atoms in total. The summed E-state index contributed by atoms with van der Waals surface area (Å²) in [5.74, 6) is 0.566. The van der Waals surface area contributed by atoms with E-state index < -0.39 is 0 Å². The van der Waals surface area contributed by atoms with Gasteiger partial charge in [0.2, 0.25) is 0 Å². The number of hydrogen-bond acceptors (Lipinski definition) is 3. The number of azide groups is 1. The molecule has 1 rings (SSSR count). The Morgan fingerprint density at radius 3 is 2.81 bits per heavy atom. The minimum Gasteiger partial charge on any atom is -0.450 e. The van der Waals surface area contributed by atoms with Crippen molar-refractivity contribution >= 4 is 6.09 Å². The molecule has 1 fully saturated rings. The van der Waals surface area contributed by atoms with Gasteiger partial charge in [-0.1, -0.05) is 5.11 Å². The molecular formula is C10H18N4O2. The number of amides is 1. The highest BCUT2D eigenvalue weighted by Crippen LogP contribution is 2.20. The fourth-order valence-corrected chi connectivity index (χ4v) is 1.90. The number of ether oxygens (including phenoxy) is 1. The van der Waals surface area contributed by atoms with Crippen molar-refractivity contribution in [2.75, 3.05) is 26.2 Å². The normalized spacial score (nSPS) is 16.7. The van der Waals surface area contributed by atoms with Gasteiger partial charge in [0.25, 0.3) is 0 Å². The molecule has 0 aromatic heterocycles. The van der Waals surface area contributed by atoms with Crippen LogP contribution in [0.1, 0.15) is 26.2 Å². The molecule has 0 atom stereocenters. The minimum absolute atomic E-state index is 0.212. The van der Waals surface area contributed by atoms with E-state index in [0.717, 1.165) is 32.4 Å². The van der Waals surface area contributed by atoms with Gasteiger partial charge in [0.1, 0.15) is 0 Å². The molecule has 1 heterocycles. The lowest BCUT2D eigenvalue weighted by molar-refractivity contribution is 0.0912. The molecule has 0 unspecified atom stereocenters. The molecule has 0 saturated carbocycles. The van der Waals surface area contributed by atoms with Crippen molar-refractivity contribution in [2.24, 2.45) is 11.0 Å².